The van der Waals surface area contributed by atoms with Gasteiger partial charge in [-0.1, -0.05) is 23.8 Å². The maximum Gasteiger partial charge on any atom is 0.407 e. The van der Waals surface area contributed by atoms with Gasteiger partial charge in [0.05, 0.1) is 0 Å². The summed E-state index contributed by atoms with van der Waals surface area (Å²) in [5, 5.41) is 2.90. The van der Waals surface area contributed by atoms with Gasteiger partial charge >= 0.3 is 6.09 Å². The van der Waals surface area contributed by atoms with E-state index in [2.05, 4.69) is 5.32 Å². The van der Waals surface area contributed by atoms with Crippen molar-refractivity contribution < 1.29 is 13.9 Å². The van der Waals surface area contributed by atoms with E-state index in [1.54, 1.807) is 39.0 Å². The average Bonchev–Trinajstić information content (AvgIpc) is 2.20. The number of hydrogen-bond donors (Lipinski definition) is 1. The van der Waals surface area contributed by atoms with Crippen LogP contribution in [0.25, 0.3) is 6.08 Å². The molecule has 0 radical (unpaired) electrons. The first-order chi connectivity index (χ1) is 8.76. The van der Waals surface area contributed by atoms with Gasteiger partial charge < -0.3 is 10.1 Å². The SMILES string of the molecule is CC(C)(C)OC(=O)NCC=Cc1cc(F)cc(Cl)c1. The van der Waals surface area contributed by atoms with Gasteiger partial charge in [-0.05, 0) is 44.5 Å². The van der Waals surface area contributed by atoms with Crippen LogP contribution in [0, 0.1) is 5.82 Å². The normalized spacial score (nSPS) is 11.6. The molecule has 0 aliphatic carbocycles. The number of carbonyl (C=O) groups excluding carboxylic acids is 1. The Hall–Kier alpha value is -1.55. The second-order valence-corrected chi connectivity index (χ2v) is 5.42. The number of halogens is 2. The third-order valence-electron chi connectivity index (χ3n) is 1.96. The van der Waals surface area contributed by atoms with Crippen LogP contribution in [-0.2, 0) is 4.74 Å². The van der Waals surface area contributed by atoms with Gasteiger partial charge in [-0.15, -0.1) is 0 Å². The van der Waals surface area contributed by atoms with Gasteiger partial charge in [-0.2, -0.15) is 0 Å². The molecular weight excluding hydrogens is 269 g/mol. The monoisotopic (exact) mass is 285 g/mol. The van der Waals surface area contributed by atoms with Crippen molar-refractivity contribution in [2.75, 3.05) is 6.54 Å². The Balaban J connectivity index is 2.44. The molecule has 0 saturated heterocycles. The van der Waals surface area contributed by atoms with Crippen molar-refractivity contribution in [1.82, 2.24) is 5.32 Å². The molecule has 0 fully saturated rings. The highest BCUT2D eigenvalue weighted by molar-refractivity contribution is 6.30. The molecule has 0 atom stereocenters. The van der Waals surface area contributed by atoms with Crippen LogP contribution in [0.3, 0.4) is 0 Å². The molecule has 0 aliphatic rings. The summed E-state index contributed by atoms with van der Waals surface area (Å²) in [5.41, 5.74) is 0.111. The van der Waals surface area contributed by atoms with Crippen LogP contribution in [0.1, 0.15) is 26.3 Å². The van der Waals surface area contributed by atoms with E-state index in [1.165, 1.54) is 12.1 Å². The molecule has 0 saturated carbocycles. The van der Waals surface area contributed by atoms with Crippen molar-refractivity contribution in [2.24, 2.45) is 0 Å². The molecule has 0 bridgehead atoms. The van der Waals surface area contributed by atoms with Crippen molar-refractivity contribution in [2.45, 2.75) is 26.4 Å². The number of ether oxygens (including phenoxy) is 1. The first-order valence-electron chi connectivity index (χ1n) is 5.86. The molecule has 5 heteroatoms. The zero-order valence-corrected chi connectivity index (χ0v) is 11.9. The Labute approximate surface area is 117 Å². The molecule has 1 N–H and O–H groups in total. The zero-order valence-electron chi connectivity index (χ0n) is 11.2. The van der Waals surface area contributed by atoms with E-state index in [9.17, 15) is 9.18 Å². The number of benzene rings is 1. The largest absolute Gasteiger partial charge is 0.444 e. The summed E-state index contributed by atoms with van der Waals surface area (Å²) in [5.74, 6) is -0.396. The van der Waals surface area contributed by atoms with Gasteiger partial charge in [0.1, 0.15) is 11.4 Å². The van der Waals surface area contributed by atoms with Crippen LogP contribution < -0.4 is 5.32 Å². The molecule has 1 aromatic rings. The van der Waals surface area contributed by atoms with E-state index in [-0.39, 0.29) is 0 Å². The molecule has 1 aromatic carbocycles. The number of rotatable bonds is 3. The van der Waals surface area contributed by atoms with Crippen LogP contribution >= 0.6 is 11.6 Å². The fourth-order valence-electron chi connectivity index (χ4n) is 1.32. The van der Waals surface area contributed by atoms with Crippen molar-refractivity contribution in [1.29, 1.82) is 0 Å². The van der Waals surface area contributed by atoms with E-state index in [1.807, 2.05) is 0 Å². The average molecular weight is 286 g/mol. The fraction of sp³-hybridized carbons (Fsp3) is 0.357. The smallest absolute Gasteiger partial charge is 0.407 e. The number of alkyl carbamates (subject to hydrolysis) is 1. The standard InChI is InChI=1S/C14H17ClFNO2/c1-14(2,3)19-13(18)17-6-4-5-10-7-11(15)9-12(16)8-10/h4-5,7-9H,6H2,1-3H3,(H,17,18). The minimum Gasteiger partial charge on any atom is -0.444 e. The van der Waals surface area contributed by atoms with Gasteiger partial charge in [0.2, 0.25) is 0 Å². The lowest BCUT2D eigenvalue weighted by molar-refractivity contribution is 0.0534. The molecule has 0 heterocycles. The van der Waals surface area contributed by atoms with Gasteiger partial charge in [-0.3, -0.25) is 0 Å². The van der Waals surface area contributed by atoms with E-state index in [4.69, 9.17) is 16.3 Å². The molecule has 0 aliphatic heterocycles. The summed E-state index contributed by atoms with van der Waals surface area (Å²) in [7, 11) is 0. The van der Waals surface area contributed by atoms with Crippen molar-refractivity contribution in [3.05, 3.63) is 40.7 Å². The highest BCUT2D eigenvalue weighted by Crippen LogP contribution is 2.15. The molecule has 19 heavy (non-hydrogen) atoms. The van der Waals surface area contributed by atoms with E-state index in [0.717, 1.165) is 0 Å². The van der Waals surface area contributed by atoms with Gasteiger partial charge in [-0.25, -0.2) is 9.18 Å². The Bertz CT molecular complexity index is 461. The molecule has 1 rings (SSSR count). The first kappa shape index (κ1) is 15.5. The molecule has 0 aromatic heterocycles. The minimum absolute atomic E-state index is 0.295. The van der Waals surface area contributed by atoms with E-state index in [0.29, 0.717) is 17.1 Å². The first-order valence-corrected chi connectivity index (χ1v) is 6.23. The Morgan fingerprint density at radius 3 is 2.68 bits per heavy atom. The van der Waals surface area contributed by atoms with Crippen molar-refractivity contribution in [3.63, 3.8) is 0 Å². The van der Waals surface area contributed by atoms with Crippen LogP contribution in [0.5, 0.6) is 0 Å². The predicted molar refractivity (Wildman–Crippen MR) is 74.7 cm³/mol. The summed E-state index contributed by atoms with van der Waals surface area (Å²) in [6, 6.07) is 4.22. The highest BCUT2D eigenvalue weighted by atomic mass is 35.5. The van der Waals surface area contributed by atoms with Gasteiger partial charge in [0, 0.05) is 11.6 Å². The quantitative estimate of drug-likeness (QED) is 0.911. The number of carbonyl (C=O) groups is 1. The summed E-state index contributed by atoms with van der Waals surface area (Å²) >= 11 is 5.72. The molecule has 104 valence electrons. The lowest BCUT2D eigenvalue weighted by Crippen LogP contribution is -2.32. The summed E-state index contributed by atoms with van der Waals surface area (Å²) in [6.07, 6.45) is 2.87. The van der Waals surface area contributed by atoms with Crippen molar-refractivity contribution >= 4 is 23.8 Å². The summed E-state index contributed by atoms with van der Waals surface area (Å²) < 4.78 is 18.1. The lowest BCUT2D eigenvalue weighted by Gasteiger charge is -2.19. The fourth-order valence-corrected chi connectivity index (χ4v) is 1.55. The van der Waals surface area contributed by atoms with Crippen molar-refractivity contribution in [3.8, 4) is 0 Å². The van der Waals surface area contributed by atoms with Crippen LogP contribution in [0.2, 0.25) is 5.02 Å². The molecule has 1 amide bonds. The maximum absolute atomic E-state index is 13.0. The summed E-state index contributed by atoms with van der Waals surface area (Å²) in [6.45, 7) is 5.66. The number of hydrogen-bond acceptors (Lipinski definition) is 2. The third kappa shape index (κ3) is 6.82. The maximum atomic E-state index is 13.0. The second-order valence-electron chi connectivity index (χ2n) is 4.99. The Morgan fingerprint density at radius 1 is 1.42 bits per heavy atom. The van der Waals surface area contributed by atoms with E-state index < -0.39 is 17.5 Å². The number of amides is 1. The zero-order chi connectivity index (χ0) is 14.5. The highest BCUT2D eigenvalue weighted by Gasteiger charge is 2.14. The molecule has 3 nitrogen and oxygen atoms in total. The van der Waals surface area contributed by atoms with E-state index >= 15 is 0 Å². The predicted octanol–water partition coefficient (Wildman–Crippen LogP) is 4.02. The molecular formula is C14H17ClFNO2. The molecule has 0 spiro atoms. The minimum atomic E-state index is -0.524. The molecule has 0 unspecified atom stereocenters. The summed E-state index contributed by atoms with van der Waals surface area (Å²) in [4.78, 5) is 11.3. The topological polar surface area (TPSA) is 38.3 Å². The van der Waals surface area contributed by atoms with Gasteiger partial charge in [0.15, 0.2) is 0 Å². The Morgan fingerprint density at radius 2 is 2.11 bits per heavy atom. The van der Waals surface area contributed by atoms with Crippen LogP contribution in [-0.4, -0.2) is 18.2 Å². The van der Waals surface area contributed by atoms with Crippen LogP contribution in [0.4, 0.5) is 9.18 Å². The lowest BCUT2D eigenvalue weighted by atomic mass is 10.2. The number of nitrogens with one attached hydrogen (secondary N) is 1. The van der Waals surface area contributed by atoms with Crippen LogP contribution in [0.15, 0.2) is 24.3 Å². The third-order valence-corrected chi connectivity index (χ3v) is 2.18. The second kappa shape index (κ2) is 6.57. The Kier molecular flexibility index (Phi) is 5.36. The van der Waals surface area contributed by atoms with Gasteiger partial charge in [0.25, 0.3) is 0 Å².